The van der Waals surface area contributed by atoms with Crippen LogP contribution in [0.4, 0.5) is 5.69 Å². The molecule has 1 atom stereocenters. The van der Waals surface area contributed by atoms with Crippen LogP contribution in [0, 0.1) is 0 Å². The van der Waals surface area contributed by atoms with Crippen LogP contribution in [0.15, 0.2) is 116 Å². The molecule has 5 rings (SSSR count). The Balaban J connectivity index is 1.48. The lowest BCUT2D eigenvalue weighted by Gasteiger charge is -2.28. The molecule has 0 aliphatic rings. The lowest BCUT2D eigenvalue weighted by Crippen LogP contribution is -2.48. The van der Waals surface area contributed by atoms with Gasteiger partial charge in [0.05, 0.1) is 6.61 Å². The maximum Gasteiger partial charge on any atom is 0.270 e. The number of aryl methyl sites for hydroxylation is 1. The van der Waals surface area contributed by atoms with E-state index in [2.05, 4.69) is 20.7 Å². The number of aromatic nitrogens is 3. The van der Waals surface area contributed by atoms with Gasteiger partial charge in [0.15, 0.2) is 0 Å². The van der Waals surface area contributed by atoms with Crippen molar-refractivity contribution in [3.05, 3.63) is 138 Å². The van der Waals surface area contributed by atoms with E-state index in [1.54, 1.807) is 43.8 Å². The van der Waals surface area contributed by atoms with Gasteiger partial charge in [-0.2, -0.15) is 5.10 Å². The number of nitrogens with zero attached hydrogens (tertiary/aromatic N) is 3. The summed E-state index contributed by atoms with van der Waals surface area (Å²) in [7, 11) is 1.68. The van der Waals surface area contributed by atoms with Gasteiger partial charge in [0.2, 0.25) is 5.91 Å². The molecule has 0 fully saturated rings. The molecule has 0 radical (unpaired) electrons. The first-order valence-electron chi connectivity index (χ1n) is 12.9. The van der Waals surface area contributed by atoms with E-state index in [1.807, 2.05) is 78.9 Å². The summed E-state index contributed by atoms with van der Waals surface area (Å²) in [5.74, 6) is -1.22. The molecule has 200 valence electrons. The van der Waals surface area contributed by atoms with Crippen LogP contribution in [0.25, 0.3) is 11.1 Å². The summed E-state index contributed by atoms with van der Waals surface area (Å²) < 4.78 is 1.48. The van der Waals surface area contributed by atoms with Crippen LogP contribution in [0.1, 0.15) is 33.1 Å². The highest BCUT2D eigenvalue weighted by atomic mass is 16.3. The highest BCUT2D eigenvalue weighted by molar-refractivity contribution is 6.01. The van der Waals surface area contributed by atoms with Gasteiger partial charge in [0.25, 0.3) is 5.91 Å². The Labute approximate surface area is 232 Å². The molecule has 0 saturated carbocycles. The van der Waals surface area contributed by atoms with Crippen molar-refractivity contribution in [2.45, 2.75) is 18.6 Å². The maximum atomic E-state index is 14.0. The number of benzene rings is 3. The fourth-order valence-corrected chi connectivity index (χ4v) is 4.80. The average molecular weight is 532 g/mol. The zero-order valence-corrected chi connectivity index (χ0v) is 21.9. The fourth-order valence-electron chi connectivity index (χ4n) is 4.80. The third kappa shape index (κ3) is 5.82. The molecule has 0 aliphatic heterocycles. The van der Waals surface area contributed by atoms with Gasteiger partial charge in [-0.15, -0.1) is 0 Å². The molecule has 0 unspecified atom stereocenters. The van der Waals surface area contributed by atoms with Gasteiger partial charge in [0.1, 0.15) is 11.7 Å². The van der Waals surface area contributed by atoms with E-state index in [1.165, 1.54) is 4.68 Å². The summed E-state index contributed by atoms with van der Waals surface area (Å²) in [4.78, 5) is 31.4. The molecule has 8 heteroatoms. The maximum absolute atomic E-state index is 14.0. The van der Waals surface area contributed by atoms with Crippen LogP contribution in [0.2, 0.25) is 0 Å². The van der Waals surface area contributed by atoms with Crippen molar-refractivity contribution < 1.29 is 14.7 Å². The third-order valence-electron chi connectivity index (χ3n) is 6.81. The second-order valence-corrected chi connectivity index (χ2v) is 9.35. The topological polar surface area (TPSA) is 109 Å². The second kappa shape index (κ2) is 12.2. The van der Waals surface area contributed by atoms with Crippen LogP contribution in [0.5, 0.6) is 0 Å². The Morgan fingerprint density at radius 2 is 1.50 bits per heavy atom. The first-order chi connectivity index (χ1) is 19.5. The Morgan fingerprint density at radius 3 is 2.08 bits per heavy atom. The minimum atomic E-state index is -0.937. The number of carbonyl (C=O) groups is 2. The molecule has 2 aromatic heterocycles. The Bertz CT molecular complexity index is 1540. The van der Waals surface area contributed by atoms with Gasteiger partial charge in [-0.1, -0.05) is 72.8 Å². The summed E-state index contributed by atoms with van der Waals surface area (Å²) in [6.45, 7) is -0.125. The minimum absolute atomic E-state index is 0.125. The third-order valence-corrected chi connectivity index (χ3v) is 6.81. The Morgan fingerprint density at radius 1 is 0.850 bits per heavy atom. The normalized spacial score (nSPS) is 11.7. The molecule has 2 heterocycles. The van der Waals surface area contributed by atoms with Crippen molar-refractivity contribution in [3.8, 4) is 11.1 Å². The van der Waals surface area contributed by atoms with E-state index >= 15 is 0 Å². The first-order valence-corrected chi connectivity index (χ1v) is 12.9. The van der Waals surface area contributed by atoms with Crippen molar-refractivity contribution in [3.63, 3.8) is 0 Å². The molecule has 40 heavy (non-hydrogen) atoms. The highest BCUT2D eigenvalue weighted by Gasteiger charge is 2.33. The first kappa shape index (κ1) is 26.5. The number of pyridine rings is 1. The monoisotopic (exact) mass is 531 g/mol. The summed E-state index contributed by atoms with van der Waals surface area (Å²) in [6, 6.07) is 29.2. The molecule has 5 aromatic rings. The number of anilines is 1. The van der Waals surface area contributed by atoms with E-state index in [4.69, 9.17) is 0 Å². The van der Waals surface area contributed by atoms with Gasteiger partial charge in [-0.05, 0) is 46.5 Å². The van der Waals surface area contributed by atoms with E-state index < -0.39 is 17.9 Å². The highest BCUT2D eigenvalue weighted by Crippen LogP contribution is 2.30. The number of nitrogens with one attached hydrogen (secondary N) is 2. The quantitative estimate of drug-likeness (QED) is 0.259. The smallest absolute Gasteiger partial charge is 0.270 e. The molecule has 0 saturated heterocycles. The number of amides is 2. The molecule has 0 bridgehead atoms. The van der Waals surface area contributed by atoms with Gasteiger partial charge in [0, 0.05) is 42.8 Å². The zero-order valence-electron chi connectivity index (χ0n) is 21.9. The lowest BCUT2D eigenvalue weighted by atomic mass is 9.84. The Kier molecular flexibility index (Phi) is 8.08. The largest absolute Gasteiger partial charge is 0.392 e. The Hall–Kier alpha value is -5.08. The van der Waals surface area contributed by atoms with Gasteiger partial charge >= 0.3 is 0 Å². The van der Waals surface area contributed by atoms with Crippen LogP contribution in [0.3, 0.4) is 0 Å². The van der Waals surface area contributed by atoms with Crippen LogP contribution in [-0.4, -0.2) is 37.7 Å². The summed E-state index contributed by atoms with van der Waals surface area (Å²) in [5.41, 5.74) is 5.17. The van der Waals surface area contributed by atoms with Gasteiger partial charge < -0.3 is 15.7 Å². The molecular weight excluding hydrogens is 502 g/mol. The number of aliphatic hydroxyl groups excluding tert-OH is 1. The zero-order chi connectivity index (χ0) is 27.9. The number of rotatable bonds is 9. The summed E-state index contributed by atoms with van der Waals surface area (Å²) in [5, 5.41) is 19.8. The molecule has 3 aromatic carbocycles. The fraction of sp³-hybridized carbons (Fsp3) is 0.125. The van der Waals surface area contributed by atoms with Crippen molar-refractivity contribution >= 4 is 17.5 Å². The second-order valence-electron chi connectivity index (χ2n) is 9.35. The van der Waals surface area contributed by atoms with Crippen molar-refractivity contribution in [2.24, 2.45) is 7.05 Å². The van der Waals surface area contributed by atoms with Crippen molar-refractivity contribution in [1.29, 1.82) is 0 Å². The molecule has 8 nitrogen and oxygen atoms in total. The molecule has 0 spiro atoms. The predicted molar refractivity (Wildman–Crippen MR) is 153 cm³/mol. The van der Waals surface area contributed by atoms with Crippen LogP contribution in [-0.2, 0) is 18.4 Å². The SMILES string of the molecule is Cn1nccc1C(=O)N[C@H](C(=O)Nc1ccc(-c2ccncc2CO)cc1)C(c1ccccc1)c1ccccc1. The lowest BCUT2D eigenvalue weighted by molar-refractivity contribution is -0.118. The van der Waals surface area contributed by atoms with E-state index in [9.17, 15) is 14.7 Å². The standard InChI is InChI=1S/C32H29N5O3/c1-37-28(17-19-34-37)31(39)36-30(29(23-8-4-2-5-9-23)24-10-6-3-7-11-24)32(40)35-26-14-12-22(13-15-26)27-16-18-33-20-25(27)21-38/h2-20,29-30,38H,21H2,1H3,(H,35,40)(H,36,39)/t30-/m0/s1. The van der Waals surface area contributed by atoms with E-state index in [0.29, 0.717) is 16.9 Å². The van der Waals surface area contributed by atoms with Crippen LogP contribution >= 0.6 is 0 Å². The number of aliphatic hydroxyl groups is 1. The van der Waals surface area contributed by atoms with Gasteiger partial charge in [-0.25, -0.2) is 0 Å². The van der Waals surface area contributed by atoms with Crippen molar-refractivity contribution in [1.82, 2.24) is 20.1 Å². The predicted octanol–water partition coefficient (Wildman–Crippen LogP) is 4.54. The van der Waals surface area contributed by atoms with Gasteiger partial charge in [-0.3, -0.25) is 19.3 Å². The number of hydrogen-bond acceptors (Lipinski definition) is 5. The summed E-state index contributed by atoms with van der Waals surface area (Å²) in [6.07, 6.45) is 4.85. The van der Waals surface area contributed by atoms with E-state index in [0.717, 1.165) is 22.3 Å². The van der Waals surface area contributed by atoms with Crippen LogP contribution < -0.4 is 10.6 Å². The summed E-state index contributed by atoms with van der Waals surface area (Å²) >= 11 is 0. The molecule has 0 aliphatic carbocycles. The van der Waals surface area contributed by atoms with E-state index in [-0.39, 0.29) is 12.5 Å². The molecular formula is C32H29N5O3. The molecule has 3 N–H and O–H groups in total. The van der Waals surface area contributed by atoms with Crippen molar-refractivity contribution in [2.75, 3.05) is 5.32 Å². The molecule has 2 amide bonds. The number of hydrogen-bond donors (Lipinski definition) is 3. The number of carbonyl (C=O) groups excluding carboxylic acids is 2. The average Bonchev–Trinajstić information content (AvgIpc) is 3.44. The minimum Gasteiger partial charge on any atom is -0.392 e.